The van der Waals surface area contributed by atoms with Gasteiger partial charge in [-0.15, -0.1) is 11.3 Å². The largest absolute Gasteiger partial charge is 0.497 e. The first kappa shape index (κ1) is 22.1. The SMILES string of the molecule is COc1ccc(-n2c(SCc3nccn3C(F)F)nc3sc4c(c3c2=O)CCCCC4)cc1. The second-order valence-corrected chi connectivity index (χ2v) is 9.82. The van der Waals surface area contributed by atoms with Crippen molar-refractivity contribution in [3.8, 4) is 11.4 Å². The molecule has 0 spiro atoms. The zero-order valence-electron chi connectivity index (χ0n) is 18.0. The van der Waals surface area contributed by atoms with E-state index in [1.807, 2.05) is 12.1 Å². The zero-order valence-corrected chi connectivity index (χ0v) is 19.6. The van der Waals surface area contributed by atoms with Crippen molar-refractivity contribution in [2.75, 3.05) is 7.11 Å². The van der Waals surface area contributed by atoms with E-state index in [-0.39, 0.29) is 17.1 Å². The third kappa shape index (κ3) is 4.17. The quantitative estimate of drug-likeness (QED) is 0.201. The number of methoxy groups -OCH3 is 1. The summed E-state index contributed by atoms with van der Waals surface area (Å²) < 4.78 is 34.2. The Morgan fingerprint density at radius 3 is 2.73 bits per heavy atom. The Morgan fingerprint density at radius 1 is 1.18 bits per heavy atom. The van der Waals surface area contributed by atoms with E-state index in [0.29, 0.717) is 22.0 Å². The standard InChI is InChI=1S/C23H22F2N4O2S2/c1-31-15-9-7-14(8-10-15)29-21(30)19-16-5-3-2-4-6-17(16)33-20(19)27-23(29)32-13-18-26-11-12-28(18)22(24)25/h7-12,22H,2-6,13H2,1H3. The van der Waals surface area contributed by atoms with Gasteiger partial charge in [-0.2, -0.15) is 8.78 Å². The minimum atomic E-state index is -2.67. The summed E-state index contributed by atoms with van der Waals surface area (Å²) in [5.74, 6) is 1.07. The van der Waals surface area contributed by atoms with Crippen molar-refractivity contribution < 1.29 is 13.5 Å². The first-order valence-electron chi connectivity index (χ1n) is 10.7. The van der Waals surface area contributed by atoms with Crippen LogP contribution in [0.1, 0.15) is 42.1 Å². The molecule has 5 rings (SSSR count). The van der Waals surface area contributed by atoms with Crippen LogP contribution in [0.3, 0.4) is 0 Å². The van der Waals surface area contributed by atoms with E-state index in [1.165, 1.54) is 29.0 Å². The molecular weight excluding hydrogens is 466 g/mol. The summed E-state index contributed by atoms with van der Waals surface area (Å²) in [6, 6.07) is 7.20. The van der Waals surface area contributed by atoms with Gasteiger partial charge in [-0.05, 0) is 55.5 Å². The minimum absolute atomic E-state index is 0.121. The summed E-state index contributed by atoms with van der Waals surface area (Å²) in [6.45, 7) is -2.67. The van der Waals surface area contributed by atoms with Gasteiger partial charge in [-0.3, -0.25) is 13.9 Å². The smallest absolute Gasteiger partial charge is 0.319 e. The number of rotatable bonds is 6. The molecule has 10 heteroatoms. The van der Waals surface area contributed by atoms with Gasteiger partial charge in [-0.1, -0.05) is 18.2 Å². The van der Waals surface area contributed by atoms with Crippen molar-refractivity contribution in [3.05, 3.63) is 63.3 Å². The molecule has 0 N–H and O–H groups in total. The molecule has 0 bridgehead atoms. The van der Waals surface area contributed by atoms with Crippen LogP contribution >= 0.6 is 23.1 Å². The third-order valence-electron chi connectivity index (χ3n) is 5.83. The summed E-state index contributed by atoms with van der Waals surface area (Å²) in [5.41, 5.74) is 1.66. The van der Waals surface area contributed by atoms with Gasteiger partial charge >= 0.3 is 6.55 Å². The van der Waals surface area contributed by atoms with E-state index < -0.39 is 6.55 Å². The molecule has 0 aliphatic heterocycles. The highest BCUT2D eigenvalue weighted by Crippen LogP contribution is 2.35. The van der Waals surface area contributed by atoms with E-state index in [2.05, 4.69) is 4.98 Å². The number of aryl methyl sites for hydroxylation is 2. The van der Waals surface area contributed by atoms with Gasteiger partial charge in [0.2, 0.25) is 0 Å². The maximum absolute atomic E-state index is 13.8. The van der Waals surface area contributed by atoms with E-state index in [9.17, 15) is 13.6 Å². The van der Waals surface area contributed by atoms with Crippen molar-refractivity contribution >= 4 is 33.3 Å². The van der Waals surface area contributed by atoms with Crippen LogP contribution in [0.2, 0.25) is 0 Å². The average molecular weight is 489 g/mol. The molecule has 0 radical (unpaired) electrons. The fourth-order valence-corrected chi connectivity index (χ4v) is 6.45. The van der Waals surface area contributed by atoms with Crippen molar-refractivity contribution in [3.63, 3.8) is 0 Å². The molecule has 4 aromatic rings. The Bertz CT molecular complexity index is 1350. The van der Waals surface area contributed by atoms with E-state index >= 15 is 0 Å². The molecule has 1 aliphatic rings. The number of benzene rings is 1. The molecule has 33 heavy (non-hydrogen) atoms. The Kier molecular flexibility index (Phi) is 6.20. The van der Waals surface area contributed by atoms with Gasteiger partial charge in [0.05, 0.1) is 23.9 Å². The van der Waals surface area contributed by atoms with Gasteiger partial charge in [0.25, 0.3) is 5.56 Å². The molecule has 3 heterocycles. The van der Waals surface area contributed by atoms with E-state index in [4.69, 9.17) is 9.72 Å². The molecule has 0 fully saturated rings. The average Bonchev–Trinajstić information content (AvgIpc) is 3.36. The van der Waals surface area contributed by atoms with Gasteiger partial charge in [0, 0.05) is 17.3 Å². The fourth-order valence-electron chi connectivity index (χ4n) is 4.18. The Hall–Kier alpha value is -2.72. The Balaban J connectivity index is 1.64. The summed E-state index contributed by atoms with van der Waals surface area (Å²) in [6.07, 6.45) is 7.79. The number of imidazole rings is 1. The zero-order chi connectivity index (χ0) is 22.9. The van der Waals surface area contributed by atoms with Gasteiger partial charge in [0.15, 0.2) is 5.16 Å². The third-order valence-corrected chi connectivity index (χ3v) is 7.95. The predicted molar refractivity (Wildman–Crippen MR) is 126 cm³/mol. The molecule has 3 aromatic heterocycles. The number of aromatic nitrogens is 4. The number of hydrogen-bond acceptors (Lipinski definition) is 6. The molecule has 1 aliphatic carbocycles. The highest BCUT2D eigenvalue weighted by molar-refractivity contribution is 7.98. The van der Waals surface area contributed by atoms with Crippen LogP contribution in [0, 0.1) is 0 Å². The minimum Gasteiger partial charge on any atom is -0.497 e. The highest BCUT2D eigenvalue weighted by atomic mass is 32.2. The molecule has 0 unspecified atom stereocenters. The summed E-state index contributed by atoms with van der Waals surface area (Å²) in [5, 5.41) is 1.14. The number of nitrogens with zero attached hydrogens (tertiary/aromatic N) is 4. The monoisotopic (exact) mass is 488 g/mol. The normalized spacial score (nSPS) is 13.9. The lowest BCUT2D eigenvalue weighted by molar-refractivity contribution is 0.0678. The second kappa shape index (κ2) is 9.26. The maximum atomic E-state index is 13.8. The lowest BCUT2D eigenvalue weighted by Gasteiger charge is -2.13. The number of halogens is 2. The second-order valence-electron chi connectivity index (χ2n) is 7.79. The van der Waals surface area contributed by atoms with Crippen molar-refractivity contribution in [1.29, 1.82) is 0 Å². The van der Waals surface area contributed by atoms with Crippen LogP contribution in [0.4, 0.5) is 8.78 Å². The molecule has 1 aromatic carbocycles. The molecule has 0 saturated carbocycles. The van der Waals surface area contributed by atoms with E-state index in [0.717, 1.165) is 47.1 Å². The lowest BCUT2D eigenvalue weighted by Crippen LogP contribution is -2.22. The van der Waals surface area contributed by atoms with Crippen LogP contribution in [-0.4, -0.2) is 26.2 Å². The fraction of sp³-hybridized carbons (Fsp3) is 0.348. The lowest BCUT2D eigenvalue weighted by atomic mass is 10.1. The molecule has 0 atom stereocenters. The van der Waals surface area contributed by atoms with E-state index in [1.54, 1.807) is 35.1 Å². The maximum Gasteiger partial charge on any atom is 0.319 e. The number of thiophene rings is 1. The molecule has 0 saturated heterocycles. The molecule has 0 amide bonds. The van der Waals surface area contributed by atoms with Crippen LogP contribution in [0.5, 0.6) is 5.75 Å². The van der Waals surface area contributed by atoms with Crippen molar-refractivity contribution in [2.45, 2.75) is 49.6 Å². The Morgan fingerprint density at radius 2 is 1.97 bits per heavy atom. The van der Waals surface area contributed by atoms with Crippen molar-refractivity contribution in [2.24, 2.45) is 0 Å². The molecule has 6 nitrogen and oxygen atoms in total. The van der Waals surface area contributed by atoms with Gasteiger partial charge < -0.3 is 4.74 Å². The first-order valence-corrected chi connectivity index (χ1v) is 12.5. The first-order chi connectivity index (χ1) is 16.1. The number of hydrogen-bond donors (Lipinski definition) is 0. The number of ether oxygens (including phenoxy) is 1. The van der Waals surface area contributed by atoms with Crippen molar-refractivity contribution in [1.82, 2.24) is 19.1 Å². The predicted octanol–water partition coefficient (Wildman–Crippen LogP) is 5.61. The Labute approximate surface area is 197 Å². The number of thioether (sulfide) groups is 1. The highest BCUT2D eigenvalue weighted by Gasteiger charge is 2.23. The number of alkyl halides is 2. The summed E-state index contributed by atoms with van der Waals surface area (Å²) in [7, 11) is 1.59. The molecular formula is C23H22F2N4O2S2. The molecule has 172 valence electrons. The van der Waals surface area contributed by atoms with Gasteiger partial charge in [0.1, 0.15) is 16.4 Å². The summed E-state index contributed by atoms with van der Waals surface area (Å²) >= 11 is 2.81. The van der Waals surface area contributed by atoms with Gasteiger partial charge in [-0.25, -0.2) is 9.97 Å². The summed E-state index contributed by atoms with van der Waals surface area (Å²) in [4.78, 5) is 24.7. The van der Waals surface area contributed by atoms with Crippen LogP contribution in [0.15, 0.2) is 46.6 Å². The van der Waals surface area contributed by atoms with Crippen LogP contribution in [-0.2, 0) is 18.6 Å². The van der Waals surface area contributed by atoms with Crippen LogP contribution < -0.4 is 10.3 Å². The topological polar surface area (TPSA) is 61.9 Å². The van der Waals surface area contributed by atoms with Crippen LogP contribution in [0.25, 0.3) is 15.9 Å². The number of fused-ring (bicyclic) bond motifs is 3.